The lowest BCUT2D eigenvalue weighted by Gasteiger charge is -2.14. The third kappa shape index (κ3) is 4.47. The van der Waals surface area contributed by atoms with E-state index >= 15 is 0 Å². The van der Waals surface area contributed by atoms with E-state index in [4.69, 9.17) is 11.6 Å². The number of fused-ring (bicyclic) bond motifs is 1. The van der Waals surface area contributed by atoms with Gasteiger partial charge in [-0.15, -0.1) is 5.10 Å². The largest absolute Gasteiger partial charge is 0.309 e. The molecule has 0 aliphatic heterocycles. The third-order valence-electron chi connectivity index (χ3n) is 6.67. The predicted octanol–water partition coefficient (Wildman–Crippen LogP) is 5.01. The second-order valence-electron chi connectivity index (χ2n) is 9.43. The van der Waals surface area contributed by atoms with Gasteiger partial charge in [0.1, 0.15) is 5.69 Å². The van der Waals surface area contributed by atoms with Crippen LogP contribution in [0.15, 0.2) is 58.4 Å². The van der Waals surface area contributed by atoms with Crippen LogP contribution in [0.5, 0.6) is 0 Å². The zero-order valence-corrected chi connectivity index (χ0v) is 21.7. The van der Waals surface area contributed by atoms with Gasteiger partial charge in [0, 0.05) is 41.8 Å². The maximum atomic E-state index is 13.6. The van der Waals surface area contributed by atoms with Crippen LogP contribution < -0.4 is 5.56 Å². The van der Waals surface area contributed by atoms with E-state index in [9.17, 15) is 18.0 Å². The molecule has 4 aromatic rings. The Hall–Kier alpha value is -3.36. The molecule has 0 atom stereocenters. The van der Waals surface area contributed by atoms with E-state index in [-0.39, 0.29) is 21.3 Å². The molecule has 5 rings (SSSR count). The topological polar surface area (TPSA) is 99.0 Å². The maximum Gasteiger partial charge on any atom is 0.258 e. The Morgan fingerprint density at radius 2 is 1.83 bits per heavy atom. The molecule has 0 N–H and O–H groups in total. The van der Waals surface area contributed by atoms with Gasteiger partial charge in [0.25, 0.3) is 5.56 Å². The van der Waals surface area contributed by atoms with Crippen molar-refractivity contribution in [1.82, 2.24) is 14.8 Å². The minimum atomic E-state index is -3.43. The highest BCUT2D eigenvalue weighted by molar-refractivity contribution is 7.90. The van der Waals surface area contributed by atoms with Crippen LogP contribution >= 0.6 is 11.6 Å². The minimum absolute atomic E-state index is 0.0900. The first kappa shape index (κ1) is 24.3. The summed E-state index contributed by atoms with van der Waals surface area (Å²) in [6.07, 6.45) is 5.41. The Morgan fingerprint density at radius 1 is 1.08 bits per heavy atom. The number of Topliss-reactive ketones (excluding diaryl/α,β-unsaturated/α-hetero) is 1. The molecular weight excluding hydrogens is 498 g/mol. The van der Waals surface area contributed by atoms with Gasteiger partial charge in [0.05, 0.1) is 21.6 Å². The quantitative estimate of drug-likeness (QED) is 0.331. The average molecular weight is 522 g/mol. The van der Waals surface area contributed by atoms with Crippen LogP contribution in [0.2, 0.25) is 5.02 Å². The standard InChI is InChI=1S/C27H24ClN3O4S/c1-15-4-7-17(24(32)10-16-5-6-16)11-21(15)22-12-18-14-29-30-25(26(18)31(2)27(22)33)20-9-8-19(13-23(20)28)36(3,34)35/h4,7-9,11-14,16H,5-6,10H2,1-3H3. The second kappa shape index (κ2) is 8.94. The monoisotopic (exact) mass is 521 g/mol. The zero-order chi connectivity index (χ0) is 25.8. The van der Waals surface area contributed by atoms with E-state index in [1.54, 1.807) is 31.4 Å². The summed E-state index contributed by atoms with van der Waals surface area (Å²) in [5.41, 5.74) is 3.76. The van der Waals surface area contributed by atoms with Crippen LogP contribution in [0, 0.1) is 12.8 Å². The van der Waals surface area contributed by atoms with E-state index in [2.05, 4.69) is 10.2 Å². The van der Waals surface area contributed by atoms with Crippen LogP contribution in [0.3, 0.4) is 0 Å². The van der Waals surface area contributed by atoms with E-state index in [1.165, 1.54) is 16.7 Å². The summed E-state index contributed by atoms with van der Waals surface area (Å²) in [5.74, 6) is 0.572. The molecule has 0 bridgehead atoms. The maximum absolute atomic E-state index is 13.6. The minimum Gasteiger partial charge on any atom is -0.309 e. The Morgan fingerprint density at radius 3 is 2.50 bits per heavy atom. The van der Waals surface area contributed by atoms with E-state index < -0.39 is 9.84 Å². The smallest absolute Gasteiger partial charge is 0.258 e. The number of carbonyl (C=O) groups excluding carboxylic acids is 1. The number of aryl methyl sites for hydroxylation is 2. The van der Waals surface area contributed by atoms with Gasteiger partial charge in [-0.05, 0) is 67.1 Å². The van der Waals surface area contributed by atoms with Crippen molar-refractivity contribution in [2.24, 2.45) is 13.0 Å². The van der Waals surface area contributed by atoms with Crippen LogP contribution in [-0.4, -0.2) is 35.2 Å². The molecule has 7 nitrogen and oxygen atoms in total. The number of hydrogen-bond acceptors (Lipinski definition) is 6. The molecule has 0 amide bonds. The lowest BCUT2D eigenvalue weighted by Crippen LogP contribution is -2.20. The first-order valence-corrected chi connectivity index (χ1v) is 13.8. The Labute approximate surface area is 213 Å². The fraction of sp³-hybridized carbons (Fsp3) is 0.259. The number of sulfone groups is 1. The van der Waals surface area contributed by atoms with Gasteiger partial charge < -0.3 is 4.57 Å². The van der Waals surface area contributed by atoms with E-state index in [0.29, 0.717) is 51.2 Å². The predicted molar refractivity (Wildman–Crippen MR) is 140 cm³/mol. The summed E-state index contributed by atoms with van der Waals surface area (Å²) in [4.78, 5) is 26.4. The summed E-state index contributed by atoms with van der Waals surface area (Å²) in [5, 5.41) is 9.20. The lowest BCUT2D eigenvalue weighted by atomic mass is 9.95. The third-order valence-corrected chi connectivity index (χ3v) is 8.09. The van der Waals surface area contributed by atoms with Gasteiger partial charge >= 0.3 is 0 Å². The van der Waals surface area contributed by atoms with Crippen molar-refractivity contribution in [1.29, 1.82) is 0 Å². The molecule has 0 saturated heterocycles. The van der Waals surface area contributed by atoms with Gasteiger partial charge in [0.15, 0.2) is 15.6 Å². The fourth-order valence-corrected chi connectivity index (χ4v) is 5.41. The highest BCUT2D eigenvalue weighted by Gasteiger charge is 2.25. The number of hydrogen-bond donors (Lipinski definition) is 0. The summed E-state index contributed by atoms with van der Waals surface area (Å²) in [6, 6.07) is 11.6. The van der Waals surface area contributed by atoms with Gasteiger partial charge in [-0.1, -0.05) is 23.7 Å². The first-order chi connectivity index (χ1) is 17.0. The van der Waals surface area contributed by atoms with Crippen LogP contribution in [-0.2, 0) is 16.9 Å². The molecule has 1 fully saturated rings. The van der Waals surface area contributed by atoms with Crippen molar-refractivity contribution in [2.75, 3.05) is 6.26 Å². The number of aromatic nitrogens is 3. The fourth-order valence-electron chi connectivity index (χ4n) is 4.43. The van der Waals surface area contributed by atoms with E-state index in [0.717, 1.165) is 24.7 Å². The van der Waals surface area contributed by atoms with Crippen LogP contribution in [0.4, 0.5) is 0 Å². The first-order valence-electron chi connectivity index (χ1n) is 11.5. The summed E-state index contributed by atoms with van der Waals surface area (Å²) >= 11 is 6.45. The number of nitrogens with zero attached hydrogens (tertiary/aromatic N) is 3. The van der Waals surface area contributed by atoms with Crippen molar-refractivity contribution >= 4 is 38.1 Å². The molecule has 0 spiro atoms. The highest BCUT2D eigenvalue weighted by atomic mass is 35.5. The summed E-state index contributed by atoms with van der Waals surface area (Å²) < 4.78 is 25.3. The summed E-state index contributed by atoms with van der Waals surface area (Å²) in [6.45, 7) is 1.91. The molecule has 0 radical (unpaired) electrons. The molecule has 2 aromatic carbocycles. The van der Waals surface area contributed by atoms with Crippen molar-refractivity contribution in [3.8, 4) is 22.4 Å². The Kier molecular flexibility index (Phi) is 6.04. The molecule has 2 aromatic heterocycles. The molecule has 36 heavy (non-hydrogen) atoms. The number of benzene rings is 2. The van der Waals surface area contributed by atoms with Crippen molar-refractivity contribution in [3.05, 3.63) is 75.2 Å². The number of pyridine rings is 1. The number of halogens is 1. The average Bonchev–Trinajstić information content (AvgIpc) is 3.65. The highest BCUT2D eigenvalue weighted by Crippen LogP contribution is 2.35. The molecule has 1 aliphatic rings. The Bertz CT molecular complexity index is 1720. The molecule has 2 heterocycles. The summed E-state index contributed by atoms with van der Waals surface area (Å²) in [7, 11) is -1.79. The van der Waals surface area contributed by atoms with Crippen LogP contribution in [0.1, 0.15) is 35.2 Å². The SMILES string of the molecule is Cc1ccc(C(=O)CC2CC2)cc1-c1cc2cnnc(-c3ccc(S(C)(=O)=O)cc3Cl)c2n(C)c1=O. The number of carbonyl (C=O) groups is 1. The van der Waals surface area contributed by atoms with Crippen LogP contribution in [0.25, 0.3) is 33.3 Å². The molecular formula is C27H24ClN3O4S. The second-order valence-corrected chi connectivity index (χ2v) is 11.9. The number of ketones is 1. The van der Waals surface area contributed by atoms with Crippen molar-refractivity contribution in [3.63, 3.8) is 0 Å². The molecule has 1 aliphatic carbocycles. The zero-order valence-electron chi connectivity index (χ0n) is 20.1. The van der Waals surface area contributed by atoms with Gasteiger partial charge in [-0.25, -0.2) is 8.42 Å². The van der Waals surface area contributed by atoms with Gasteiger partial charge in [-0.3, -0.25) is 9.59 Å². The lowest BCUT2D eigenvalue weighted by molar-refractivity contribution is 0.0976. The van der Waals surface area contributed by atoms with Gasteiger partial charge in [-0.2, -0.15) is 5.10 Å². The van der Waals surface area contributed by atoms with E-state index in [1.807, 2.05) is 19.1 Å². The Balaban J connectivity index is 1.66. The number of rotatable bonds is 6. The molecule has 9 heteroatoms. The normalized spacial score (nSPS) is 13.8. The van der Waals surface area contributed by atoms with Crippen molar-refractivity contribution in [2.45, 2.75) is 31.1 Å². The molecule has 1 saturated carbocycles. The van der Waals surface area contributed by atoms with Gasteiger partial charge in [0.2, 0.25) is 0 Å². The van der Waals surface area contributed by atoms with Crippen molar-refractivity contribution < 1.29 is 13.2 Å². The molecule has 0 unspecified atom stereocenters. The molecule has 184 valence electrons.